The van der Waals surface area contributed by atoms with Crippen molar-refractivity contribution >= 4 is 17.6 Å². The number of carbonyl (C=O) groups excluding carboxylic acids is 2. The highest BCUT2D eigenvalue weighted by atomic mass is 19.1. The van der Waals surface area contributed by atoms with Crippen molar-refractivity contribution in [3.8, 4) is 0 Å². The van der Waals surface area contributed by atoms with Gasteiger partial charge in [-0.05, 0) is 80.6 Å². The third kappa shape index (κ3) is 7.77. The summed E-state index contributed by atoms with van der Waals surface area (Å²) in [6.07, 6.45) is 4.21. The summed E-state index contributed by atoms with van der Waals surface area (Å²) in [4.78, 5) is 29.2. The van der Waals surface area contributed by atoms with Gasteiger partial charge in [0.1, 0.15) is 5.82 Å². The van der Waals surface area contributed by atoms with Crippen LogP contribution in [0.3, 0.4) is 0 Å². The molecule has 2 N–H and O–H groups in total. The zero-order chi connectivity index (χ0) is 24.5. The third-order valence-corrected chi connectivity index (χ3v) is 6.64. The van der Waals surface area contributed by atoms with E-state index in [9.17, 15) is 14.0 Å². The number of likely N-dealkylation sites (tertiary alicyclic amines) is 1. The van der Waals surface area contributed by atoms with Crippen LogP contribution in [0.2, 0.25) is 0 Å². The van der Waals surface area contributed by atoms with Crippen LogP contribution in [0.5, 0.6) is 0 Å². The molecule has 0 aromatic heterocycles. The zero-order valence-electron chi connectivity index (χ0n) is 20.2. The monoisotopic (exact) mass is 482 g/mol. The molecule has 8 heteroatoms. The first-order valence-corrected chi connectivity index (χ1v) is 12.6. The van der Waals surface area contributed by atoms with Gasteiger partial charge in [-0.3, -0.25) is 4.79 Å². The summed E-state index contributed by atoms with van der Waals surface area (Å²) in [5.41, 5.74) is 2.35. The van der Waals surface area contributed by atoms with Crippen molar-refractivity contribution in [1.82, 2.24) is 15.1 Å². The molecule has 0 spiro atoms. The maximum atomic E-state index is 13.1. The average molecular weight is 483 g/mol. The highest BCUT2D eigenvalue weighted by Gasteiger charge is 2.20. The molecule has 35 heavy (non-hydrogen) atoms. The summed E-state index contributed by atoms with van der Waals surface area (Å²) in [5.74, 6) is 0.347. The van der Waals surface area contributed by atoms with Gasteiger partial charge in [0.2, 0.25) is 0 Å². The number of hydrogen-bond acceptors (Lipinski definition) is 4. The molecule has 2 heterocycles. The van der Waals surface area contributed by atoms with Gasteiger partial charge in [0.25, 0.3) is 5.91 Å². The Morgan fingerprint density at radius 3 is 2.66 bits per heavy atom. The maximum Gasteiger partial charge on any atom is 0.319 e. The van der Waals surface area contributed by atoms with Crippen LogP contribution in [0.15, 0.2) is 48.5 Å². The van der Waals surface area contributed by atoms with E-state index in [-0.39, 0.29) is 17.8 Å². The normalized spacial score (nSPS) is 18.8. The topological polar surface area (TPSA) is 73.9 Å². The molecule has 0 aliphatic carbocycles. The molecule has 0 unspecified atom stereocenters. The van der Waals surface area contributed by atoms with Crippen LogP contribution in [0.25, 0.3) is 0 Å². The SMILES string of the molecule is O=C(NCCCN1CCC[C@@H](Cc2ccc(F)cc2)C1)Nc1cccc(C(=O)N2CCOCC2)c1. The molecule has 3 amide bonds. The summed E-state index contributed by atoms with van der Waals surface area (Å²) < 4.78 is 18.4. The summed E-state index contributed by atoms with van der Waals surface area (Å²) in [5, 5.41) is 5.75. The Bertz CT molecular complexity index is 979. The number of morpholine rings is 1. The maximum absolute atomic E-state index is 13.1. The minimum absolute atomic E-state index is 0.0448. The molecule has 4 rings (SSSR count). The predicted octanol–water partition coefficient (Wildman–Crippen LogP) is 3.76. The van der Waals surface area contributed by atoms with Gasteiger partial charge in [0, 0.05) is 37.4 Å². The van der Waals surface area contributed by atoms with E-state index in [2.05, 4.69) is 15.5 Å². The van der Waals surface area contributed by atoms with E-state index < -0.39 is 0 Å². The Hall–Kier alpha value is -2.97. The molecule has 2 aromatic carbocycles. The molecule has 2 saturated heterocycles. The lowest BCUT2D eigenvalue weighted by Gasteiger charge is -2.32. The van der Waals surface area contributed by atoms with Crippen molar-refractivity contribution in [2.24, 2.45) is 5.92 Å². The third-order valence-electron chi connectivity index (χ3n) is 6.64. The van der Waals surface area contributed by atoms with Gasteiger partial charge in [0.15, 0.2) is 0 Å². The van der Waals surface area contributed by atoms with Gasteiger partial charge in [-0.15, -0.1) is 0 Å². The second kappa shape index (κ2) is 12.7. The molecular weight excluding hydrogens is 447 g/mol. The van der Waals surface area contributed by atoms with E-state index in [1.54, 1.807) is 29.2 Å². The van der Waals surface area contributed by atoms with Crippen molar-refractivity contribution in [2.75, 3.05) is 57.8 Å². The van der Waals surface area contributed by atoms with E-state index in [1.165, 1.54) is 30.5 Å². The van der Waals surface area contributed by atoms with Gasteiger partial charge in [-0.1, -0.05) is 18.2 Å². The first-order chi connectivity index (χ1) is 17.1. The van der Waals surface area contributed by atoms with Gasteiger partial charge >= 0.3 is 6.03 Å². The molecule has 2 fully saturated rings. The molecule has 7 nitrogen and oxygen atoms in total. The minimum atomic E-state index is -0.270. The van der Waals surface area contributed by atoms with Crippen LogP contribution < -0.4 is 10.6 Å². The van der Waals surface area contributed by atoms with Crippen LogP contribution >= 0.6 is 0 Å². The van der Waals surface area contributed by atoms with Crippen LogP contribution in [-0.2, 0) is 11.2 Å². The summed E-state index contributed by atoms with van der Waals surface area (Å²) in [6.45, 7) is 5.91. The van der Waals surface area contributed by atoms with Crippen LogP contribution in [-0.4, -0.2) is 74.2 Å². The second-order valence-electron chi connectivity index (χ2n) is 9.36. The van der Waals surface area contributed by atoms with Crippen LogP contribution in [0.1, 0.15) is 35.2 Å². The Morgan fingerprint density at radius 1 is 1.06 bits per heavy atom. The Labute approximate surface area is 206 Å². The number of urea groups is 1. The van der Waals surface area contributed by atoms with E-state index in [0.717, 1.165) is 32.5 Å². The van der Waals surface area contributed by atoms with Crippen molar-refractivity contribution in [1.29, 1.82) is 0 Å². The first-order valence-electron chi connectivity index (χ1n) is 12.6. The number of anilines is 1. The van der Waals surface area contributed by atoms with Gasteiger partial charge in [-0.25, -0.2) is 9.18 Å². The lowest BCUT2D eigenvalue weighted by Crippen LogP contribution is -2.40. The number of hydrogen-bond donors (Lipinski definition) is 2. The minimum Gasteiger partial charge on any atom is -0.378 e. The number of ether oxygens (including phenoxy) is 1. The number of carbonyl (C=O) groups is 2. The zero-order valence-corrected chi connectivity index (χ0v) is 20.2. The van der Waals surface area contributed by atoms with E-state index >= 15 is 0 Å². The van der Waals surface area contributed by atoms with Gasteiger partial charge in [0.05, 0.1) is 13.2 Å². The molecular formula is C27H35FN4O3. The fourth-order valence-electron chi connectivity index (χ4n) is 4.83. The smallest absolute Gasteiger partial charge is 0.319 e. The Balaban J connectivity index is 1.16. The lowest BCUT2D eigenvalue weighted by atomic mass is 9.91. The quantitative estimate of drug-likeness (QED) is 0.562. The van der Waals surface area contributed by atoms with Crippen molar-refractivity contribution < 1.29 is 18.7 Å². The van der Waals surface area contributed by atoms with Crippen molar-refractivity contribution in [3.63, 3.8) is 0 Å². The number of benzene rings is 2. The van der Waals surface area contributed by atoms with Crippen molar-refractivity contribution in [3.05, 3.63) is 65.5 Å². The van der Waals surface area contributed by atoms with Crippen LogP contribution in [0.4, 0.5) is 14.9 Å². The van der Waals surface area contributed by atoms with E-state index in [4.69, 9.17) is 4.74 Å². The second-order valence-corrected chi connectivity index (χ2v) is 9.36. The number of amides is 3. The largest absolute Gasteiger partial charge is 0.378 e. The van der Waals surface area contributed by atoms with Crippen LogP contribution in [0, 0.1) is 11.7 Å². The molecule has 0 bridgehead atoms. The van der Waals surface area contributed by atoms with E-state index in [0.29, 0.717) is 50.0 Å². The Morgan fingerprint density at radius 2 is 1.86 bits per heavy atom. The van der Waals surface area contributed by atoms with Gasteiger partial charge < -0.3 is 25.2 Å². The van der Waals surface area contributed by atoms with Crippen molar-refractivity contribution in [2.45, 2.75) is 25.7 Å². The number of piperidine rings is 1. The number of halogens is 1. The van der Waals surface area contributed by atoms with Gasteiger partial charge in [-0.2, -0.15) is 0 Å². The molecule has 2 aliphatic rings. The molecule has 0 saturated carbocycles. The molecule has 0 radical (unpaired) electrons. The molecule has 2 aliphatic heterocycles. The fraction of sp³-hybridized carbons (Fsp3) is 0.481. The Kier molecular flexibility index (Phi) is 9.08. The summed E-state index contributed by atoms with van der Waals surface area (Å²) in [6, 6.07) is 13.6. The number of nitrogens with zero attached hydrogens (tertiary/aromatic N) is 2. The average Bonchev–Trinajstić information content (AvgIpc) is 2.88. The lowest BCUT2D eigenvalue weighted by molar-refractivity contribution is 0.0303. The number of rotatable bonds is 8. The standard InChI is InChI=1S/C27H35FN4O3/c28-24-9-7-21(8-10-24)18-22-4-2-12-31(20-22)13-3-11-29-27(34)30-25-6-1-5-23(19-25)26(33)32-14-16-35-17-15-32/h1,5-10,19,22H,2-4,11-18,20H2,(H2,29,30,34)/t22-/m0/s1. The number of nitrogens with one attached hydrogen (secondary N) is 2. The molecule has 188 valence electrons. The summed E-state index contributed by atoms with van der Waals surface area (Å²) in [7, 11) is 0. The fourth-order valence-corrected chi connectivity index (χ4v) is 4.83. The van der Waals surface area contributed by atoms with E-state index in [1.807, 2.05) is 12.1 Å². The highest BCUT2D eigenvalue weighted by molar-refractivity contribution is 5.97. The summed E-state index contributed by atoms with van der Waals surface area (Å²) >= 11 is 0. The molecule has 1 atom stereocenters. The first kappa shape index (κ1) is 25.1. The molecule has 2 aromatic rings. The highest BCUT2D eigenvalue weighted by Crippen LogP contribution is 2.21. The predicted molar refractivity (Wildman–Crippen MR) is 134 cm³/mol.